The van der Waals surface area contributed by atoms with Crippen molar-refractivity contribution in [2.24, 2.45) is 5.92 Å². The molecule has 1 saturated heterocycles. The zero-order chi connectivity index (χ0) is 16.2. The van der Waals surface area contributed by atoms with Crippen molar-refractivity contribution in [2.75, 3.05) is 11.4 Å². The van der Waals surface area contributed by atoms with E-state index in [1.807, 2.05) is 54.6 Å². The van der Waals surface area contributed by atoms with Gasteiger partial charge in [0.25, 0.3) is 0 Å². The molecule has 1 heterocycles. The number of carbonyl (C=O) groups excluding carboxylic acids is 2. The van der Waals surface area contributed by atoms with Crippen molar-refractivity contribution in [1.29, 1.82) is 0 Å². The number of anilines is 1. The molecule has 0 aliphatic carbocycles. The Hall–Kier alpha value is -2.14. The predicted molar refractivity (Wildman–Crippen MR) is 92.9 cm³/mol. The molecule has 0 spiro atoms. The quantitative estimate of drug-likeness (QED) is 0.838. The number of hydrogen-bond acceptors (Lipinski definition) is 2. The summed E-state index contributed by atoms with van der Waals surface area (Å²) in [5, 5.41) is 2.86. The first kappa shape index (κ1) is 15.7. The molecule has 0 radical (unpaired) electrons. The van der Waals surface area contributed by atoms with Crippen LogP contribution in [0.5, 0.6) is 0 Å². The fourth-order valence-electron chi connectivity index (χ4n) is 2.74. The fourth-order valence-corrected chi connectivity index (χ4v) is 3.24. The van der Waals surface area contributed by atoms with E-state index in [2.05, 4.69) is 21.2 Å². The van der Waals surface area contributed by atoms with Gasteiger partial charge in [-0.1, -0.05) is 42.5 Å². The number of hydrogen-bond donors (Lipinski definition) is 1. The zero-order valence-electron chi connectivity index (χ0n) is 12.5. The Morgan fingerprint density at radius 2 is 1.83 bits per heavy atom. The average Bonchev–Trinajstić information content (AvgIpc) is 2.95. The molecule has 2 aromatic carbocycles. The topological polar surface area (TPSA) is 49.4 Å². The van der Waals surface area contributed by atoms with Crippen LogP contribution in [0, 0.1) is 5.92 Å². The van der Waals surface area contributed by atoms with Crippen LogP contribution >= 0.6 is 15.9 Å². The van der Waals surface area contributed by atoms with Crippen LogP contribution in [0.4, 0.5) is 5.69 Å². The standard InChI is InChI=1S/C18H17BrN2O2/c19-15-8-4-5-9-16(15)21-11-10-14(18(21)23)17(22)20-12-13-6-2-1-3-7-13/h1-9,14H,10-12H2,(H,20,22)/t14-/m1/s1. The second kappa shape index (κ2) is 6.96. The lowest BCUT2D eigenvalue weighted by molar-refractivity contribution is -0.132. The van der Waals surface area contributed by atoms with Gasteiger partial charge in [-0.05, 0) is 40.0 Å². The molecule has 4 nitrogen and oxygen atoms in total. The van der Waals surface area contributed by atoms with E-state index in [9.17, 15) is 9.59 Å². The Morgan fingerprint density at radius 1 is 1.13 bits per heavy atom. The van der Waals surface area contributed by atoms with Gasteiger partial charge in [-0.2, -0.15) is 0 Å². The molecule has 1 N–H and O–H groups in total. The van der Waals surface area contributed by atoms with Gasteiger partial charge in [-0.25, -0.2) is 0 Å². The van der Waals surface area contributed by atoms with E-state index in [0.29, 0.717) is 19.5 Å². The summed E-state index contributed by atoms with van der Waals surface area (Å²) in [7, 11) is 0. The summed E-state index contributed by atoms with van der Waals surface area (Å²) in [5.41, 5.74) is 1.84. The van der Waals surface area contributed by atoms with E-state index in [-0.39, 0.29) is 11.8 Å². The van der Waals surface area contributed by atoms with Crippen LogP contribution < -0.4 is 10.2 Å². The highest BCUT2D eigenvalue weighted by molar-refractivity contribution is 9.10. The van der Waals surface area contributed by atoms with E-state index >= 15 is 0 Å². The fraction of sp³-hybridized carbons (Fsp3) is 0.222. The van der Waals surface area contributed by atoms with Crippen LogP contribution in [-0.4, -0.2) is 18.4 Å². The lowest BCUT2D eigenvalue weighted by Crippen LogP contribution is -2.36. The summed E-state index contributed by atoms with van der Waals surface area (Å²) >= 11 is 3.46. The third kappa shape index (κ3) is 3.45. The molecule has 2 amide bonds. The number of nitrogens with one attached hydrogen (secondary N) is 1. The third-order valence-corrected chi connectivity index (χ3v) is 4.65. The minimum absolute atomic E-state index is 0.137. The molecule has 1 aliphatic rings. The second-order valence-electron chi connectivity index (χ2n) is 5.49. The van der Waals surface area contributed by atoms with E-state index in [4.69, 9.17) is 0 Å². The molecule has 0 unspecified atom stereocenters. The van der Waals surface area contributed by atoms with Crippen molar-refractivity contribution >= 4 is 33.4 Å². The van der Waals surface area contributed by atoms with Crippen LogP contribution in [0.2, 0.25) is 0 Å². The predicted octanol–water partition coefficient (Wildman–Crippen LogP) is 3.12. The third-order valence-electron chi connectivity index (χ3n) is 3.97. The lowest BCUT2D eigenvalue weighted by atomic mass is 10.1. The molecule has 3 rings (SSSR count). The molecule has 118 valence electrons. The number of amides is 2. The molecule has 0 bridgehead atoms. The first-order chi connectivity index (χ1) is 11.2. The molecule has 5 heteroatoms. The maximum Gasteiger partial charge on any atom is 0.239 e. The van der Waals surface area contributed by atoms with Crippen LogP contribution in [0.25, 0.3) is 0 Å². The molecular weight excluding hydrogens is 356 g/mol. The number of benzene rings is 2. The first-order valence-electron chi connectivity index (χ1n) is 7.54. The van der Waals surface area contributed by atoms with Gasteiger partial charge in [0.2, 0.25) is 11.8 Å². The molecular formula is C18H17BrN2O2. The number of carbonyl (C=O) groups is 2. The van der Waals surface area contributed by atoms with E-state index in [0.717, 1.165) is 15.7 Å². The molecule has 23 heavy (non-hydrogen) atoms. The lowest BCUT2D eigenvalue weighted by Gasteiger charge is -2.18. The van der Waals surface area contributed by atoms with Crippen LogP contribution in [0.1, 0.15) is 12.0 Å². The summed E-state index contributed by atoms with van der Waals surface area (Å²) in [5.74, 6) is -0.943. The van der Waals surface area contributed by atoms with Crippen molar-refractivity contribution in [1.82, 2.24) is 5.32 Å². The van der Waals surface area contributed by atoms with Gasteiger partial charge in [-0.15, -0.1) is 0 Å². The minimum atomic E-state index is -0.606. The Labute approximate surface area is 143 Å². The zero-order valence-corrected chi connectivity index (χ0v) is 14.1. The first-order valence-corrected chi connectivity index (χ1v) is 8.33. The van der Waals surface area contributed by atoms with Crippen LogP contribution in [0.3, 0.4) is 0 Å². The summed E-state index contributed by atoms with van der Waals surface area (Å²) in [6, 6.07) is 17.2. The summed E-state index contributed by atoms with van der Waals surface area (Å²) in [6.45, 7) is 1.00. The maximum atomic E-state index is 12.6. The highest BCUT2D eigenvalue weighted by atomic mass is 79.9. The Balaban J connectivity index is 1.65. The van der Waals surface area contributed by atoms with E-state index < -0.39 is 5.92 Å². The Bertz CT molecular complexity index is 718. The van der Waals surface area contributed by atoms with Gasteiger partial charge in [0, 0.05) is 17.6 Å². The van der Waals surface area contributed by atoms with Crippen LogP contribution in [-0.2, 0) is 16.1 Å². The summed E-state index contributed by atoms with van der Waals surface area (Å²) in [6.07, 6.45) is 0.542. The van der Waals surface area contributed by atoms with Crippen molar-refractivity contribution in [2.45, 2.75) is 13.0 Å². The van der Waals surface area contributed by atoms with Crippen molar-refractivity contribution < 1.29 is 9.59 Å². The molecule has 1 atom stereocenters. The normalized spacial score (nSPS) is 17.3. The van der Waals surface area contributed by atoms with E-state index in [1.165, 1.54) is 0 Å². The van der Waals surface area contributed by atoms with Crippen molar-refractivity contribution in [3.8, 4) is 0 Å². The monoisotopic (exact) mass is 372 g/mol. The van der Waals surface area contributed by atoms with Crippen LogP contribution in [0.15, 0.2) is 59.1 Å². The van der Waals surface area contributed by atoms with Gasteiger partial charge in [-0.3, -0.25) is 9.59 Å². The van der Waals surface area contributed by atoms with Gasteiger partial charge >= 0.3 is 0 Å². The molecule has 1 fully saturated rings. The van der Waals surface area contributed by atoms with Gasteiger partial charge in [0.15, 0.2) is 0 Å². The minimum Gasteiger partial charge on any atom is -0.351 e. The SMILES string of the molecule is O=C(NCc1ccccc1)[C@H]1CCN(c2ccccc2Br)C1=O. The largest absolute Gasteiger partial charge is 0.351 e. The second-order valence-corrected chi connectivity index (χ2v) is 6.34. The average molecular weight is 373 g/mol. The number of halogens is 1. The molecule has 1 aliphatic heterocycles. The molecule has 0 aromatic heterocycles. The van der Waals surface area contributed by atoms with Gasteiger partial charge in [0.05, 0.1) is 5.69 Å². The van der Waals surface area contributed by atoms with Crippen molar-refractivity contribution in [3.63, 3.8) is 0 Å². The highest BCUT2D eigenvalue weighted by Crippen LogP contribution is 2.31. The summed E-state index contributed by atoms with van der Waals surface area (Å²) in [4.78, 5) is 26.6. The van der Waals surface area contributed by atoms with E-state index in [1.54, 1.807) is 4.90 Å². The highest BCUT2D eigenvalue weighted by Gasteiger charge is 2.37. The van der Waals surface area contributed by atoms with Gasteiger partial charge in [0.1, 0.15) is 5.92 Å². The number of nitrogens with zero attached hydrogens (tertiary/aromatic N) is 1. The molecule has 0 saturated carbocycles. The smallest absolute Gasteiger partial charge is 0.239 e. The Morgan fingerprint density at radius 3 is 2.57 bits per heavy atom. The number of para-hydroxylation sites is 1. The van der Waals surface area contributed by atoms with Crippen molar-refractivity contribution in [3.05, 3.63) is 64.6 Å². The summed E-state index contributed by atoms with van der Waals surface area (Å²) < 4.78 is 0.860. The number of rotatable bonds is 4. The Kier molecular flexibility index (Phi) is 4.76. The van der Waals surface area contributed by atoms with Gasteiger partial charge < -0.3 is 10.2 Å². The maximum absolute atomic E-state index is 12.6. The molecule has 2 aromatic rings.